The van der Waals surface area contributed by atoms with E-state index in [2.05, 4.69) is 6.92 Å². The van der Waals surface area contributed by atoms with Crippen LogP contribution in [-0.4, -0.2) is 38.8 Å². The minimum atomic E-state index is -1.81. The minimum absolute atomic E-state index is 0.000744. The molecule has 8 atom stereocenters. The standard InChI is InChI=1S/C21H28O5/c1-11-8-15-14-5-4-12-9-13(22)6-7-19(12,2)17(14)16(23)10-20(15,3)21(11,26)18(24)25/h6-7,9,11,14-17,23,26H,4-5,8,10H2,1-3H3,(H,24,25)/t11-,14?,15?,16?,17?,19?,20?,21+/m1/s1. The second-order valence-electron chi connectivity index (χ2n) is 9.42. The van der Waals surface area contributed by atoms with Crippen LogP contribution in [-0.2, 0) is 9.59 Å². The van der Waals surface area contributed by atoms with Gasteiger partial charge in [0.05, 0.1) is 6.10 Å². The fourth-order valence-corrected chi connectivity index (χ4v) is 7.12. The van der Waals surface area contributed by atoms with Gasteiger partial charge in [-0.05, 0) is 55.6 Å². The number of aliphatic carboxylic acids is 1. The first-order valence-electron chi connectivity index (χ1n) is 9.64. The zero-order valence-corrected chi connectivity index (χ0v) is 15.6. The normalized spacial score (nSPS) is 52.7. The Labute approximate surface area is 153 Å². The number of ketones is 1. The van der Waals surface area contributed by atoms with E-state index in [1.165, 1.54) is 0 Å². The van der Waals surface area contributed by atoms with Gasteiger partial charge in [-0.3, -0.25) is 4.79 Å². The summed E-state index contributed by atoms with van der Waals surface area (Å²) in [4.78, 5) is 23.8. The fraction of sp³-hybridized carbons (Fsp3) is 0.714. The molecule has 4 rings (SSSR count). The molecule has 3 N–H and O–H groups in total. The number of carbonyl (C=O) groups is 2. The third kappa shape index (κ3) is 1.93. The van der Waals surface area contributed by atoms with Crippen molar-refractivity contribution in [3.05, 3.63) is 23.8 Å². The van der Waals surface area contributed by atoms with Crippen LogP contribution >= 0.6 is 0 Å². The molecule has 0 aromatic carbocycles. The van der Waals surface area contributed by atoms with Crippen molar-refractivity contribution >= 4 is 11.8 Å². The van der Waals surface area contributed by atoms with Gasteiger partial charge in [0.2, 0.25) is 0 Å². The largest absolute Gasteiger partial charge is 0.479 e. The number of hydrogen-bond donors (Lipinski definition) is 3. The summed E-state index contributed by atoms with van der Waals surface area (Å²) in [6.07, 6.45) is 7.08. The highest BCUT2D eigenvalue weighted by Gasteiger charge is 2.71. The molecular formula is C21H28O5. The number of aliphatic hydroxyl groups excluding tert-OH is 1. The number of carboxylic acid groups (broad SMARTS) is 1. The van der Waals surface area contributed by atoms with Gasteiger partial charge in [0.1, 0.15) is 0 Å². The van der Waals surface area contributed by atoms with Gasteiger partial charge in [0.25, 0.3) is 0 Å². The summed E-state index contributed by atoms with van der Waals surface area (Å²) in [5.74, 6) is -1.38. The lowest BCUT2D eigenvalue weighted by Gasteiger charge is -2.59. The first-order valence-corrected chi connectivity index (χ1v) is 9.64. The Kier molecular flexibility index (Phi) is 3.65. The second-order valence-corrected chi connectivity index (χ2v) is 9.42. The number of allylic oxidation sites excluding steroid dienone is 4. The van der Waals surface area contributed by atoms with E-state index in [1.807, 2.05) is 19.9 Å². The lowest BCUT2D eigenvalue weighted by molar-refractivity contribution is -0.197. The van der Waals surface area contributed by atoms with Crippen LogP contribution in [0.1, 0.15) is 46.5 Å². The van der Waals surface area contributed by atoms with Gasteiger partial charge in [-0.2, -0.15) is 0 Å². The summed E-state index contributed by atoms with van der Waals surface area (Å²) in [6, 6.07) is 0. The van der Waals surface area contributed by atoms with Gasteiger partial charge < -0.3 is 15.3 Å². The van der Waals surface area contributed by atoms with Crippen LogP contribution in [0.25, 0.3) is 0 Å². The van der Waals surface area contributed by atoms with Crippen LogP contribution in [0.2, 0.25) is 0 Å². The van der Waals surface area contributed by atoms with Crippen LogP contribution in [0.5, 0.6) is 0 Å². The highest BCUT2D eigenvalue weighted by molar-refractivity contribution is 6.01. The molecule has 0 bridgehead atoms. The lowest BCUT2D eigenvalue weighted by atomic mass is 9.46. The van der Waals surface area contributed by atoms with Crippen molar-refractivity contribution in [2.45, 2.75) is 58.2 Å². The van der Waals surface area contributed by atoms with Gasteiger partial charge in [0, 0.05) is 16.7 Å². The number of fused-ring (bicyclic) bond motifs is 5. The van der Waals surface area contributed by atoms with Gasteiger partial charge in [-0.25, -0.2) is 4.79 Å². The van der Waals surface area contributed by atoms with Gasteiger partial charge in [-0.15, -0.1) is 0 Å². The quantitative estimate of drug-likeness (QED) is 0.667. The molecule has 0 amide bonds. The number of carbonyl (C=O) groups excluding carboxylic acids is 1. The van der Waals surface area contributed by atoms with Crippen molar-refractivity contribution < 1.29 is 24.9 Å². The summed E-state index contributed by atoms with van der Waals surface area (Å²) in [5, 5.41) is 32.1. The van der Waals surface area contributed by atoms with E-state index in [9.17, 15) is 24.9 Å². The third-order valence-electron chi connectivity index (χ3n) is 8.40. The maximum Gasteiger partial charge on any atom is 0.336 e. The lowest BCUT2D eigenvalue weighted by Crippen LogP contribution is -2.62. The SMILES string of the molecule is C[C@@H]1CC2C3CCC4=CC(=O)C=CC4(C)C3C(O)CC2(C)[C@@]1(O)C(=O)O. The molecule has 4 aliphatic rings. The number of rotatable bonds is 1. The van der Waals surface area contributed by atoms with E-state index in [0.29, 0.717) is 6.42 Å². The van der Waals surface area contributed by atoms with Crippen molar-refractivity contribution in [1.29, 1.82) is 0 Å². The van der Waals surface area contributed by atoms with Crippen LogP contribution < -0.4 is 0 Å². The Morgan fingerprint density at radius 2 is 2.00 bits per heavy atom. The zero-order valence-electron chi connectivity index (χ0n) is 15.6. The average molecular weight is 360 g/mol. The highest BCUT2D eigenvalue weighted by Crippen LogP contribution is 2.68. The number of aliphatic hydroxyl groups is 2. The van der Waals surface area contributed by atoms with E-state index in [1.54, 1.807) is 12.2 Å². The third-order valence-corrected chi connectivity index (χ3v) is 8.40. The molecule has 0 heterocycles. The average Bonchev–Trinajstić information content (AvgIpc) is 2.76. The highest BCUT2D eigenvalue weighted by atomic mass is 16.4. The maximum atomic E-state index is 12.0. The summed E-state index contributed by atoms with van der Waals surface area (Å²) in [6.45, 7) is 5.75. The summed E-state index contributed by atoms with van der Waals surface area (Å²) < 4.78 is 0. The Hall–Kier alpha value is -1.46. The van der Waals surface area contributed by atoms with Crippen molar-refractivity contribution in [2.75, 3.05) is 0 Å². The molecule has 0 aromatic rings. The number of hydrogen-bond acceptors (Lipinski definition) is 4. The number of carboxylic acids is 1. The van der Waals surface area contributed by atoms with Gasteiger partial charge >= 0.3 is 5.97 Å². The first-order chi connectivity index (χ1) is 12.1. The van der Waals surface area contributed by atoms with Crippen molar-refractivity contribution in [3.63, 3.8) is 0 Å². The first kappa shape index (κ1) is 17.9. The summed E-state index contributed by atoms with van der Waals surface area (Å²) >= 11 is 0. The molecule has 0 aliphatic heterocycles. The molecule has 4 aliphatic carbocycles. The topological polar surface area (TPSA) is 94.8 Å². The Morgan fingerprint density at radius 3 is 2.65 bits per heavy atom. The van der Waals surface area contributed by atoms with E-state index >= 15 is 0 Å². The molecule has 5 nitrogen and oxygen atoms in total. The van der Waals surface area contributed by atoms with Crippen molar-refractivity contribution in [3.8, 4) is 0 Å². The molecule has 3 fully saturated rings. The molecule has 5 heteroatoms. The fourth-order valence-electron chi connectivity index (χ4n) is 7.12. The van der Waals surface area contributed by atoms with E-state index in [0.717, 1.165) is 18.4 Å². The smallest absolute Gasteiger partial charge is 0.336 e. The van der Waals surface area contributed by atoms with Crippen LogP contribution in [0.3, 0.4) is 0 Å². The Balaban J connectivity index is 1.79. The molecule has 0 radical (unpaired) electrons. The predicted molar refractivity (Wildman–Crippen MR) is 95.1 cm³/mol. The van der Waals surface area contributed by atoms with Gasteiger partial charge in [0.15, 0.2) is 11.4 Å². The molecule has 0 aromatic heterocycles. The van der Waals surface area contributed by atoms with Crippen molar-refractivity contribution in [2.24, 2.45) is 34.5 Å². The minimum Gasteiger partial charge on any atom is -0.479 e. The molecule has 0 spiro atoms. The summed E-state index contributed by atoms with van der Waals surface area (Å²) in [5.41, 5.74) is -1.94. The molecule has 6 unspecified atom stereocenters. The van der Waals surface area contributed by atoms with Gasteiger partial charge in [-0.1, -0.05) is 32.4 Å². The van der Waals surface area contributed by atoms with E-state index < -0.39 is 23.1 Å². The van der Waals surface area contributed by atoms with Crippen LogP contribution in [0.4, 0.5) is 0 Å². The van der Waals surface area contributed by atoms with Crippen LogP contribution in [0.15, 0.2) is 23.8 Å². The van der Waals surface area contributed by atoms with E-state index in [-0.39, 0.29) is 41.3 Å². The van der Waals surface area contributed by atoms with E-state index in [4.69, 9.17) is 0 Å². The molecule has 3 saturated carbocycles. The maximum absolute atomic E-state index is 12.0. The molecular weight excluding hydrogens is 332 g/mol. The predicted octanol–water partition coefficient (Wildman–Crippen LogP) is 2.33. The molecule has 26 heavy (non-hydrogen) atoms. The summed E-state index contributed by atoms with van der Waals surface area (Å²) in [7, 11) is 0. The molecule has 142 valence electrons. The van der Waals surface area contributed by atoms with Crippen LogP contribution in [0, 0.1) is 34.5 Å². The molecule has 0 saturated heterocycles. The van der Waals surface area contributed by atoms with Crippen molar-refractivity contribution in [1.82, 2.24) is 0 Å². The monoisotopic (exact) mass is 360 g/mol. The zero-order chi connectivity index (χ0) is 19.1. The second kappa shape index (κ2) is 5.29. The Morgan fingerprint density at radius 1 is 1.31 bits per heavy atom. The Bertz CT molecular complexity index is 739.